The van der Waals surface area contributed by atoms with Gasteiger partial charge in [-0.1, -0.05) is 18.2 Å². The van der Waals surface area contributed by atoms with E-state index in [0.29, 0.717) is 50.8 Å². The molecule has 0 saturated heterocycles. The Kier molecular flexibility index (Phi) is 5.50. The number of amides is 1. The number of aromatic nitrogens is 2. The van der Waals surface area contributed by atoms with Gasteiger partial charge in [0.25, 0.3) is 11.5 Å². The quantitative estimate of drug-likeness (QED) is 0.624. The number of carbonyl (C=O) groups is 1. The highest BCUT2D eigenvalue weighted by molar-refractivity contribution is 7.98. The normalized spacial score (nSPS) is 13.1. The van der Waals surface area contributed by atoms with Crippen LogP contribution in [-0.4, -0.2) is 27.8 Å². The van der Waals surface area contributed by atoms with Crippen molar-refractivity contribution < 1.29 is 9.18 Å². The highest BCUT2D eigenvalue weighted by atomic mass is 32.2. The van der Waals surface area contributed by atoms with E-state index in [1.54, 1.807) is 28.5 Å². The second kappa shape index (κ2) is 8.05. The molecule has 0 atom stereocenters. The molecule has 1 amide bonds. The molecule has 1 aromatic carbocycles. The lowest BCUT2D eigenvalue weighted by molar-refractivity contribution is 0.0959. The summed E-state index contributed by atoms with van der Waals surface area (Å²) in [6, 6.07) is 6.71. The summed E-state index contributed by atoms with van der Waals surface area (Å²) in [6.07, 6.45) is 1.75. The smallest absolute Gasteiger partial charge is 0.262 e. The van der Waals surface area contributed by atoms with Crippen LogP contribution >= 0.6 is 23.1 Å². The maximum atomic E-state index is 13.6. The van der Waals surface area contributed by atoms with E-state index < -0.39 is 0 Å². The van der Waals surface area contributed by atoms with E-state index in [0.717, 1.165) is 18.7 Å². The molecule has 0 unspecified atom stereocenters. The largest absolute Gasteiger partial charge is 0.351 e. The summed E-state index contributed by atoms with van der Waals surface area (Å²) >= 11 is 2.85. The Balaban J connectivity index is 1.39. The zero-order valence-corrected chi connectivity index (χ0v) is 17.1. The van der Waals surface area contributed by atoms with Crippen LogP contribution < -0.4 is 10.9 Å². The number of hydrogen-bond acceptors (Lipinski definition) is 5. The predicted octanol–water partition coefficient (Wildman–Crippen LogP) is 3.51. The topological polar surface area (TPSA) is 64.0 Å². The molecule has 3 heterocycles. The standard InChI is InChI=1S/C20H20FN3O2S2/c1-12-16-19(23-15-7-4-9-24(15)20(16)26)28-17(12)18(25)22-8-10-27-11-13-5-2-3-6-14(13)21/h2-3,5-6H,4,7-11H2,1H3,(H,22,25). The number of thioether (sulfide) groups is 1. The number of hydrogen-bond donors (Lipinski definition) is 1. The van der Waals surface area contributed by atoms with E-state index in [2.05, 4.69) is 10.3 Å². The molecule has 1 N–H and O–H groups in total. The second-order valence-electron chi connectivity index (χ2n) is 6.72. The molecule has 0 fully saturated rings. The van der Waals surface area contributed by atoms with Gasteiger partial charge in [-0.25, -0.2) is 9.37 Å². The first kappa shape index (κ1) is 19.1. The van der Waals surface area contributed by atoms with Crippen molar-refractivity contribution in [2.45, 2.75) is 32.1 Å². The summed E-state index contributed by atoms with van der Waals surface area (Å²) in [4.78, 5) is 31.1. The first-order valence-corrected chi connectivity index (χ1v) is 11.2. The van der Waals surface area contributed by atoms with Crippen molar-refractivity contribution in [2.24, 2.45) is 0 Å². The SMILES string of the molecule is Cc1c(C(=O)NCCSCc2ccccc2F)sc2nc3n(c(=O)c12)CCC3. The lowest BCUT2D eigenvalue weighted by Crippen LogP contribution is -2.25. The third-order valence-corrected chi connectivity index (χ3v) is 7.06. The Hall–Kier alpha value is -2.19. The first-order chi connectivity index (χ1) is 13.6. The van der Waals surface area contributed by atoms with Crippen LogP contribution in [0.15, 0.2) is 29.1 Å². The van der Waals surface area contributed by atoms with Crippen LogP contribution in [0.25, 0.3) is 10.2 Å². The molecule has 4 rings (SSSR count). The Morgan fingerprint density at radius 2 is 2.21 bits per heavy atom. The molecule has 0 spiro atoms. The van der Waals surface area contributed by atoms with Crippen LogP contribution in [0.2, 0.25) is 0 Å². The highest BCUT2D eigenvalue weighted by Crippen LogP contribution is 2.28. The van der Waals surface area contributed by atoms with Crippen molar-refractivity contribution in [2.75, 3.05) is 12.3 Å². The Morgan fingerprint density at radius 1 is 1.39 bits per heavy atom. The van der Waals surface area contributed by atoms with Gasteiger partial charge in [-0.15, -0.1) is 11.3 Å². The molecule has 0 aliphatic carbocycles. The molecule has 0 radical (unpaired) electrons. The molecule has 1 aliphatic rings. The van der Waals surface area contributed by atoms with Gasteiger partial charge in [0.15, 0.2) is 0 Å². The molecule has 0 saturated carbocycles. The number of nitrogens with zero attached hydrogens (tertiary/aromatic N) is 2. The van der Waals surface area contributed by atoms with Crippen molar-refractivity contribution >= 4 is 39.2 Å². The van der Waals surface area contributed by atoms with Gasteiger partial charge >= 0.3 is 0 Å². The second-order valence-corrected chi connectivity index (χ2v) is 8.83. The summed E-state index contributed by atoms with van der Waals surface area (Å²) in [7, 11) is 0. The molecule has 146 valence electrons. The van der Waals surface area contributed by atoms with Crippen molar-refractivity contribution in [3.8, 4) is 0 Å². The summed E-state index contributed by atoms with van der Waals surface area (Å²) in [6.45, 7) is 2.99. The Bertz CT molecular complexity index is 1110. The van der Waals surface area contributed by atoms with Crippen LogP contribution in [-0.2, 0) is 18.7 Å². The Morgan fingerprint density at radius 3 is 3.04 bits per heavy atom. The van der Waals surface area contributed by atoms with Gasteiger partial charge in [0, 0.05) is 31.0 Å². The number of benzene rings is 1. The number of halogens is 1. The fourth-order valence-corrected chi connectivity index (χ4v) is 5.36. The third kappa shape index (κ3) is 3.58. The minimum Gasteiger partial charge on any atom is -0.351 e. The summed E-state index contributed by atoms with van der Waals surface area (Å²) < 4.78 is 15.3. The number of aryl methyl sites for hydroxylation is 2. The minimum atomic E-state index is -0.203. The lowest BCUT2D eigenvalue weighted by atomic mass is 10.2. The monoisotopic (exact) mass is 417 g/mol. The summed E-state index contributed by atoms with van der Waals surface area (Å²) in [5.74, 6) is 1.67. The number of thiophene rings is 1. The molecule has 5 nitrogen and oxygen atoms in total. The van der Waals surface area contributed by atoms with Gasteiger partial charge in [-0.3, -0.25) is 14.2 Å². The lowest BCUT2D eigenvalue weighted by Gasteiger charge is -2.05. The molecule has 0 bridgehead atoms. The molecular formula is C20H20FN3O2S2. The number of carbonyl (C=O) groups excluding carboxylic acids is 1. The van der Waals surface area contributed by atoms with Crippen molar-refractivity contribution in [1.29, 1.82) is 0 Å². The van der Waals surface area contributed by atoms with Gasteiger partial charge in [-0.05, 0) is 30.5 Å². The van der Waals surface area contributed by atoms with E-state index in [1.165, 1.54) is 17.4 Å². The van der Waals surface area contributed by atoms with E-state index in [9.17, 15) is 14.0 Å². The summed E-state index contributed by atoms with van der Waals surface area (Å²) in [5, 5.41) is 3.46. The van der Waals surface area contributed by atoms with Crippen LogP contribution in [0.5, 0.6) is 0 Å². The molecule has 28 heavy (non-hydrogen) atoms. The Labute approximate surface area is 170 Å². The zero-order valence-electron chi connectivity index (χ0n) is 15.5. The van der Waals surface area contributed by atoms with Gasteiger partial charge < -0.3 is 5.32 Å². The zero-order chi connectivity index (χ0) is 19.7. The fourth-order valence-electron chi connectivity index (χ4n) is 3.41. The van der Waals surface area contributed by atoms with Gasteiger partial charge in [0.2, 0.25) is 0 Å². The van der Waals surface area contributed by atoms with Crippen molar-refractivity contribution in [1.82, 2.24) is 14.9 Å². The molecule has 2 aromatic heterocycles. The molecular weight excluding hydrogens is 397 g/mol. The number of fused-ring (bicyclic) bond motifs is 2. The van der Waals surface area contributed by atoms with Crippen LogP contribution in [0, 0.1) is 12.7 Å². The first-order valence-electron chi connectivity index (χ1n) is 9.18. The van der Waals surface area contributed by atoms with Gasteiger partial charge in [0.1, 0.15) is 16.5 Å². The van der Waals surface area contributed by atoms with Gasteiger partial charge in [-0.2, -0.15) is 11.8 Å². The van der Waals surface area contributed by atoms with Crippen LogP contribution in [0.3, 0.4) is 0 Å². The summed E-state index contributed by atoms with van der Waals surface area (Å²) in [5.41, 5.74) is 1.33. The van der Waals surface area contributed by atoms with E-state index in [1.807, 2.05) is 13.0 Å². The number of nitrogens with one attached hydrogen (secondary N) is 1. The van der Waals surface area contributed by atoms with E-state index >= 15 is 0 Å². The average Bonchev–Trinajstić information content (AvgIpc) is 3.28. The average molecular weight is 418 g/mol. The third-order valence-electron chi connectivity index (χ3n) is 4.87. The molecule has 8 heteroatoms. The van der Waals surface area contributed by atoms with Crippen molar-refractivity contribution in [3.63, 3.8) is 0 Å². The maximum Gasteiger partial charge on any atom is 0.262 e. The molecule has 3 aromatic rings. The van der Waals surface area contributed by atoms with E-state index in [4.69, 9.17) is 0 Å². The molecule has 1 aliphatic heterocycles. The highest BCUT2D eigenvalue weighted by Gasteiger charge is 2.23. The van der Waals surface area contributed by atoms with Crippen LogP contribution in [0.1, 0.15) is 33.0 Å². The van der Waals surface area contributed by atoms with E-state index in [-0.39, 0.29) is 17.3 Å². The van der Waals surface area contributed by atoms with Crippen LogP contribution in [0.4, 0.5) is 4.39 Å². The fraction of sp³-hybridized carbons (Fsp3) is 0.350. The predicted molar refractivity (Wildman–Crippen MR) is 112 cm³/mol. The minimum absolute atomic E-state index is 0.0363. The number of rotatable bonds is 6. The maximum absolute atomic E-state index is 13.6. The van der Waals surface area contributed by atoms with Gasteiger partial charge in [0.05, 0.1) is 10.3 Å². The van der Waals surface area contributed by atoms with Crippen molar-refractivity contribution in [3.05, 3.63) is 62.3 Å².